The summed E-state index contributed by atoms with van der Waals surface area (Å²) in [4.78, 5) is 42.2. The maximum atomic E-state index is 14.3. The highest BCUT2D eigenvalue weighted by Crippen LogP contribution is 2.29. The Morgan fingerprint density at radius 3 is 1.75 bits per heavy atom. The van der Waals surface area contributed by atoms with Crippen LogP contribution in [0.2, 0.25) is 0 Å². The van der Waals surface area contributed by atoms with Gasteiger partial charge in [0.25, 0.3) is 5.91 Å². The van der Waals surface area contributed by atoms with E-state index in [1.807, 2.05) is 108 Å². The van der Waals surface area contributed by atoms with Gasteiger partial charge in [0, 0.05) is 25.2 Å². The number of rotatable bonds is 9. The van der Waals surface area contributed by atoms with Gasteiger partial charge in [-0.1, -0.05) is 103 Å². The van der Waals surface area contributed by atoms with Gasteiger partial charge in [0.05, 0.1) is 5.92 Å². The van der Waals surface area contributed by atoms with Gasteiger partial charge in [-0.25, -0.2) is 4.79 Å². The summed E-state index contributed by atoms with van der Waals surface area (Å²) in [6, 6.07) is 35.9. The molecule has 1 fully saturated rings. The molecule has 1 aliphatic rings. The largest absolute Gasteiger partial charge is 0.480 e. The molecule has 4 aromatic carbocycles. The van der Waals surface area contributed by atoms with Gasteiger partial charge < -0.3 is 14.9 Å². The van der Waals surface area contributed by atoms with Crippen LogP contribution in [0.1, 0.15) is 51.4 Å². The lowest BCUT2D eigenvalue weighted by molar-refractivity contribution is -0.141. The molecule has 0 aliphatic carbocycles. The summed E-state index contributed by atoms with van der Waals surface area (Å²) in [6.07, 6.45) is 1.15. The van der Waals surface area contributed by atoms with Crippen LogP contribution < -0.4 is 0 Å². The molecule has 4 aromatic rings. The third-order valence-corrected chi connectivity index (χ3v) is 7.41. The number of carboxylic acids is 1. The van der Waals surface area contributed by atoms with Crippen molar-refractivity contribution in [3.8, 4) is 0 Å². The number of likely N-dealkylation sites (tertiary alicyclic amines) is 1. The summed E-state index contributed by atoms with van der Waals surface area (Å²) in [7, 11) is 0. The van der Waals surface area contributed by atoms with E-state index in [1.165, 1.54) is 4.90 Å². The molecule has 40 heavy (non-hydrogen) atoms. The van der Waals surface area contributed by atoms with Crippen molar-refractivity contribution in [2.75, 3.05) is 6.54 Å². The number of hydrogen-bond donors (Lipinski definition) is 1. The lowest BCUT2D eigenvalue weighted by Gasteiger charge is -2.28. The molecule has 0 aromatic heterocycles. The zero-order valence-electron chi connectivity index (χ0n) is 22.2. The summed E-state index contributed by atoms with van der Waals surface area (Å²) in [6.45, 7) is 1.24. The predicted molar refractivity (Wildman–Crippen MR) is 154 cm³/mol. The van der Waals surface area contributed by atoms with Crippen LogP contribution >= 0.6 is 0 Å². The van der Waals surface area contributed by atoms with E-state index in [0.29, 0.717) is 38.0 Å². The smallest absolute Gasteiger partial charge is 0.326 e. The zero-order valence-corrected chi connectivity index (χ0v) is 22.2. The molecule has 2 amide bonds. The number of nitrogens with zero attached hydrogens (tertiary/aromatic N) is 2. The number of carbonyl (C=O) groups is 3. The van der Waals surface area contributed by atoms with Crippen molar-refractivity contribution in [1.82, 2.24) is 9.80 Å². The van der Waals surface area contributed by atoms with E-state index < -0.39 is 17.9 Å². The second kappa shape index (κ2) is 12.4. The Labute approximate surface area is 234 Å². The lowest BCUT2D eigenvalue weighted by atomic mass is 9.89. The highest BCUT2D eigenvalue weighted by molar-refractivity contribution is 5.97. The van der Waals surface area contributed by atoms with Gasteiger partial charge in [-0.05, 0) is 47.2 Å². The van der Waals surface area contributed by atoms with Gasteiger partial charge in [-0.2, -0.15) is 0 Å². The summed E-state index contributed by atoms with van der Waals surface area (Å²) >= 11 is 0. The monoisotopic (exact) mass is 532 g/mol. The normalized spacial score (nSPS) is 14.7. The second-order valence-corrected chi connectivity index (χ2v) is 10.1. The fraction of sp³-hybridized carbons (Fsp3) is 0.206. The van der Waals surface area contributed by atoms with Crippen LogP contribution in [0, 0.1) is 0 Å². The Morgan fingerprint density at radius 1 is 0.725 bits per heavy atom. The van der Waals surface area contributed by atoms with E-state index in [4.69, 9.17) is 0 Å². The van der Waals surface area contributed by atoms with E-state index in [1.54, 1.807) is 12.1 Å². The van der Waals surface area contributed by atoms with E-state index in [-0.39, 0.29) is 11.8 Å². The van der Waals surface area contributed by atoms with Crippen molar-refractivity contribution in [2.24, 2.45) is 0 Å². The highest BCUT2D eigenvalue weighted by Gasteiger charge is 2.34. The first kappa shape index (κ1) is 26.9. The molecule has 1 atom stereocenters. The third kappa shape index (κ3) is 6.12. The SMILES string of the molecule is O=C(O)[C@H]1CCCN1C(=O)c1ccc(CN(Cc2ccccc2)C(=O)C(c2ccccc2)c2ccccc2)cc1. The Morgan fingerprint density at radius 2 is 1.23 bits per heavy atom. The number of aliphatic carboxylic acids is 1. The summed E-state index contributed by atoms with van der Waals surface area (Å²) in [5, 5.41) is 9.47. The van der Waals surface area contributed by atoms with Gasteiger partial charge in [0.15, 0.2) is 0 Å². The van der Waals surface area contributed by atoms with Crippen molar-refractivity contribution in [2.45, 2.75) is 37.9 Å². The van der Waals surface area contributed by atoms with Crippen LogP contribution in [0.5, 0.6) is 0 Å². The van der Waals surface area contributed by atoms with Crippen LogP contribution in [0.4, 0.5) is 0 Å². The van der Waals surface area contributed by atoms with Crippen molar-refractivity contribution in [3.63, 3.8) is 0 Å². The van der Waals surface area contributed by atoms with Crippen LogP contribution in [-0.4, -0.2) is 45.3 Å². The number of amides is 2. The van der Waals surface area contributed by atoms with Gasteiger partial charge in [-0.15, -0.1) is 0 Å². The van der Waals surface area contributed by atoms with Crippen LogP contribution in [-0.2, 0) is 22.7 Å². The molecular weight excluding hydrogens is 500 g/mol. The predicted octanol–water partition coefficient (Wildman–Crippen LogP) is 5.74. The van der Waals surface area contributed by atoms with Crippen LogP contribution in [0.3, 0.4) is 0 Å². The molecule has 1 saturated heterocycles. The van der Waals surface area contributed by atoms with Gasteiger partial charge in [-0.3, -0.25) is 9.59 Å². The number of hydrogen-bond acceptors (Lipinski definition) is 3. The third-order valence-electron chi connectivity index (χ3n) is 7.41. The van der Waals surface area contributed by atoms with Gasteiger partial charge in [0.1, 0.15) is 6.04 Å². The molecule has 5 rings (SSSR count). The molecular formula is C34H32N2O4. The molecule has 1 N–H and O–H groups in total. The first-order valence-electron chi connectivity index (χ1n) is 13.6. The molecule has 1 aliphatic heterocycles. The summed E-state index contributed by atoms with van der Waals surface area (Å²) in [5.74, 6) is -1.72. The Kier molecular flexibility index (Phi) is 8.35. The van der Waals surface area contributed by atoms with Crippen LogP contribution in [0.15, 0.2) is 115 Å². The van der Waals surface area contributed by atoms with Crippen molar-refractivity contribution in [1.29, 1.82) is 0 Å². The fourth-order valence-electron chi connectivity index (χ4n) is 5.37. The minimum absolute atomic E-state index is 0.0113. The van der Waals surface area contributed by atoms with Crippen LogP contribution in [0.25, 0.3) is 0 Å². The van der Waals surface area contributed by atoms with Crippen molar-refractivity contribution in [3.05, 3.63) is 143 Å². The minimum atomic E-state index is -0.969. The second-order valence-electron chi connectivity index (χ2n) is 10.1. The first-order valence-corrected chi connectivity index (χ1v) is 13.6. The standard InChI is InChI=1S/C34H32N2O4/c37-32(36-22-10-17-30(36)34(39)40)29-20-18-26(19-21-29)24-35(23-25-11-4-1-5-12-25)33(38)31(27-13-6-2-7-14-27)28-15-8-3-9-16-28/h1-9,11-16,18-21,30-31H,10,17,22-24H2,(H,39,40)/t30-/m1/s1. The molecule has 0 spiro atoms. The quantitative estimate of drug-likeness (QED) is 0.298. The number of carbonyl (C=O) groups excluding carboxylic acids is 2. The summed E-state index contributed by atoms with van der Waals surface area (Å²) < 4.78 is 0. The Hall–Kier alpha value is -4.71. The Balaban J connectivity index is 1.42. The molecule has 0 saturated carbocycles. The molecule has 1 heterocycles. The van der Waals surface area contributed by atoms with E-state index in [9.17, 15) is 19.5 Å². The van der Waals surface area contributed by atoms with Crippen molar-refractivity contribution < 1.29 is 19.5 Å². The Bertz CT molecular complexity index is 1400. The number of benzene rings is 4. The number of carboxylic acid groups (broad SMARTS) is 1. The van der Waals surface area contributed by atoms with E-state index in [0.717, 1.165) is 22.3 Å². The molecule has 0 unspecified atom stereocenters. The van der Waals surface area contributed by atoms with E-state index in [2.05, 4.69) is 0 Å². The molecule has 6 nitrogen and oxygen atoms in total. The molecule has 6 heteroatoms. The van der Waals surface area contributed by atoms with Gasteiger partial charge >= 0.3 is 5.97 Å². The molecule has 0 radical (unpaired) electrons. The molecule has 0 bridgehead atoms. The average molecular weight is 533 g/mol. The maximum Gasteiger partial charge on any atom is 0.326 e. The fourth-order valence-corrected chi connectivity index (χ4v) is 5.37. The minimum Gasteiger partial charge on any atom is -0.480 e. The topological polar surface area (TPSA) is 77.9 Å². The lowest BCUT2D eigenvalue weighted by Crippen LogP contribution is -2.40. The zero-order chi connectivity index (χ0) is 27.9. The maximum absolute atomic E-state index is 14.3. The summed E-state index contributed by atoms with van der Waals surface area (Å²) in [5.41, 5.74) is 4.21. The van der Waals surface area contributed by atoms with E-state index >= 15 is 0 Å². The highest BCUT2D eigenvalue weighted by atomic mass is 16.4. The van der Waals surface area contributed by atoms with Crippen molar-refractivity contribution >= 4 is 17.8 Å². The van der Waals surface area contributed by atoms with Gasteiger partial charge in [0.2, 0.25) is 5.91 Å². The molecule has 202 valence electrons. The average Bonchev–Trinajstić information content (AvgIpc) is 3.49. The first-order chi connectivity index (χ1) is 19.5.